The van der Waals surface area contributed by atoms with Gasteiger partial charge in [0, 0.05) is 19.6 Å². The lowest BCUT2D eigenvalue weighted by atomic mass is 10.3. The SMILES string of the molecule is COCC(F)(F)F.O=C(O)CCC[n+]1ccc(C(=O)O)cn1. The summed E-state index contributed by atoms with van der Waals surface area (Å²) in [5.41, 5.74) is 0.115. The number of ether oxygens (including phenoxy) is 1. The van der Waals surface area contributed by atoms with E-state index in [9.17, 15) is 22.8 Å². The first-order valence-corrected chi connectivity index (χ1v) is 6.02. The molecule has 22 heavy (non-hydrogen) atoms. The molecule has 1 aromatic rings. The van der Waals surface area contributed by atoms with Gasteiger partial charge in [-0.15, -0.1) is 0 Å². The van der Waals surface area contributed by atoms with Gasteiger partial charge in [0.25, 0.3) is 0 Å². The Labute approximate surface area is 123 Å². The van der Waals surface area contributed by atoms with Crippen LogP contribution in [0, 0.1) is 0 Å². The molecule has 0 atom stereocenters. The predicted octanol–water partition coefficient (Wildman–Crippen LogP) is 1.13. The lowest BCUT2D eigenvalue weighted by molar-refractivity contribution is -0.754. The lowest BCUT2D eigenvalue weighted by Gasteiger charge is -2.01. The number of aromatic nitrogens is 2. The molecule has 1 rings (SSSR count). The smallest absolute Gasteiger partial charge is 0.411 e. The molecule has 0 saturated heterocycles. The molecule has 1 aromatic heterocycles. The molecule has 0 aliphatic heterocycles. The number of aliphatic carboxylic acids is 1. The Morgan fingerprint density at radius 2 is 2.00 bits per heavy atom. The monoisotopic (exact) mass is 325 g/mol. The normalized spacial score (nSPS) is 10.5. The second-order valence-electron chi connectivity index (χ2n) is 4.03. The van der Waals surface area contributed by atoms with Crippen LogP contribution in [0.4, 0.5) is 13.2 Å². The maximum atomic E-state index is 10.9. The van der Waals surface area contributed by atoms with Crippen LogP contribution in [0.25, 0.3) is 0 Å². The topological polar surface area (TPSA) is 101 Å². The van der Waals surface area contributed by atoms with Gasteiger partial charge in [0.2, 0.25) is 0 Å². The third-order valence-electron chi connectivity index (χ3n) is 2.10. The van der Waals surface area contributed by atoms with E-state index in [1.807, 2.05) is 0 Å². The number of hydrogen-bond acceptors (Lipinski definition) is 4. The molecule has 0 spiro atoms. The lowest BCUT2D eigenvalue weighted by Crippen LogP contribution is -2.37. The minimum Gasteiger partial charge on any atom is -0.481 e. The van der Waals surface area contributed by atoms with Crippen molar-refractivity contribution in [2.45, 2.75) is 25.6 Å². The zero-order valence-electron chi connectivity index (χ0n) is 11.7. The molecule has 1 heterocycles. The minimum atomic E-state index is -4.17. The van der Waals surface area contributed by atoms with E-state index < -0.39 is 24.7 Å². The van der Waals surface area contributed by atoms with E-state index in [1.54, 1.807) is 0 Å². The second-order valence-corrected chi connectivity index (χ2v) is 4.03. The van der Waals surface area contributed by atoms with Gasteiger partial charge in [-0.2, -0.15) is 13.2 Å². The maximum Gasteiger partial charge on any atom is 0.411 e. The van der Waals surface area contributed by atoms with Gasteiger partial charge in [-0.3, -0.25) is 4.79 Å². The predicted molar refractivity (Wildman–Crippen MR) is 66.2 cm³/mol. The molecule has 0 radical (unpaired) electrons. The summed E-state index contributed by atoms with van der Waals surface area (Å²) in [5, 5.41) is 20.8. The summed E-state index contributed by atoms with van der Waals surface area (Å²) in [6.45, 7) is -0.695. The molecule has 0 unspecified atom stereocenters. The first kappa shape index (κ1) is 19.8. The zero-order chi connectivity index (χ0) is 17.2. The van der Waals surface area contributed by atoms with Gasteiger partial charge in [-0.05, 0) is 5.10 Å². The van der Waals surface area contributed by atoms with Gasteiger partial charge in [-0.25, -0.2) is 4.79 Å². The van der Waals surface area contributed by atoms with Crippen LogP contribution in [-0.4, -0.2) is 47.1 Å². The Morgan fingerprint density at radius 1 is 1.36 bits per heavy atom. The second kappa shape index (κ2) is 9.66. The number of halogens is 3. The highest BCUT2D eigenvalue weighted by Crippen LogP contribution is 2.13. The summed E-state index contributed by atoms with van der Waals surface area (Å²) in [4.78, 5) is 20.7. The van der Waals surface area contributed by atoms with Crippen molar-refractivity contribution >= 4 is 11.9 Å². The molecule has 0 aliphatic rings. The van der Waals surface area contributed by atoms with Crippen molar-refractivity contribution < 1.29 is 42.4 Å². The zero-order valence-corrected chi connectivity index (χ0v) is 11.7. The largest absolute Gasteiger partial charge is 0.481 e. The molecule has 10 heteroatoms. The van der Waals surface area contributed by atoms with E-state index >= 15 is 0 Å². The number of carbonyl (C=O) groups is 2. The third kappa shape index (κ3) is 10.5. The Hall–Kier alpha value is -2.23. The van der Waals surface area contributed by atoms with Crippen molar-refractivity contribution in [3.63, 3.8) is 0 Å². The van der Waals surface area contributed by atoms with Crippen LogP contribution < -0.4 is 4.68 Å². The number of methoxy groups -OCH3 is 1. The molecule has 0 bridgehead atoms. The minimum absolute atomic E-state index is 0.0787. The van der Waals surface area contributed by atoms with Crippen molar-refractivity contribution in [2.24, 2.45) is 0 Å². The van der Waals surface area contributed by atoms with Crippen LogP contribution in [0.2, 0.25) is 0 Å². The average Bonchev–Trinajstić information content (AvgIpc) is 2.38. The Morgan fingerprint density at radius 3 is 2.32 bits per heavy atom. The summed E-state index contributed by atoms with van der Waals surface area (Å²) in [7, 11) is 1.01. The van der Waals surface area contributed by atoms with Crippen LogP contribution in [0.5, 0.6) is 0 Å². The van der Waals surface area contributed by atoms with Crippen LogP contribution in [0.1, 0.15) is 23.2 Å². The standard InChI is InChI=1S/C9H10N2O4.C3H5F3O/c12-8(13)2-1-4-11-5-3-7(6-10-11)9(14)15;1-7-2-3(4,5)6/h3,5-6H,1-2,4H2,(H-,12,13,14,15);2H2,1H3/p+1. The number of hydrogen-bond donors (Lipinski definition) is 2. The van der Waals surface area contributed by atoms with Crippen LogP contribution in [0.3, 0.4) is 0 Å². The highest BCUT2D eigenvalue weighted by molar-refractivity contribution is 5.86. The maximum absolute atomic E-state index is 10.9. The first-order valence-electron chi connectivity index (χ1n) is 6.02. The molecule has 0 saturated carbocycles. The molecule has 7 nitrogen and oxygen atoms in total. The highest BCUT2D eigenvalue weighted by Gasteiger charge is 2.26. The third-order valence-corrected chi connectivity index (χ3v) is 2.10. The van der Waals surface area contributed by atoms with Crippen molar-refractivity contribution in [2.75, 3.05) is 13.7 Å². The number of nitrogens with zero attached hydrogens (tertiary/aromatic N) is 2. The van der Waals surface area contributed by atoms with Gasteiger partial charge >= 0.3 is 18.1 Å². The molecule has 2 N–H and O–H groups in total. The Balaban J connectivity index is 0.000000534. The fourth-order valence-electron chi connectivity index (χ4n) is 1.20. The van der Waals surface area contributed by atoms with Gasteiger partial charge in [0.15, 0.2) is 12.7 Å². The van der Waals surface area contributed by atoms with E-state index in [-0.39, 0.29) is 12.0 Å². The summed E-state index contributed by atoms with van der Waals surface area (Å²) in [5.74, 6) is -1.88. The summed E-state index contributed by atoms with van der Waals surface area (Å²) in [6, 6.07) is 1.43. The summed E-state index contributed by atoms with van der Waals surface area (Å²) < 4.78 is 38.1. The number of carboxylic acids is 2. The summed E-state index contributed by atoms with van der Waals surface area (Å²) >= 11 is 0. The molecular weight excluding hydrogens is 309 g/mol. The molecule has 0 aliphatic carbocycles. The van der Waals surface area contributed by atoms with E-state index in [4.69, 9.17) is 10.2 Å². The number of carboxylic acid groups (broad SMARTS) is 2. The molecular formula is C12H16F3N2O5+. The van der Waals surface area contributed by atoms with Crippen molar-refractivity contribution in [1.82, 2.24) is 5.10 Å². The Bertz CT molecular complexity index is 477. The Kier molecular flexibility index (Phi) is 8.68. The van der Waals surface area contributed by atoms with E-state index in [1.165, 1.54) is 23.1 Å². The average molecular weight is 325 g/mol. The van der Waals surface area contributed by atoms with Crippen LogP contribution in [0.15, 0.2) is 18.5 Å². The fraction of sp³-hybridized carbons (Fsp3) is 0.500. The van der Waals surface area contributed by atoms with E-state index in [0.29, 0.717) is 13.0 Å². The number of rotatable bonds is 6. The van der Waals surface area contributed by atoms with Crippen molar-refractivity contribution in [3.8, 4) is 0 Å². The molecule has 0 fully saturated rings. The molecule has 124 valence electrons. The van der Waals surface area contributed by atoms with Gasteiger partial charge < -0.3 is 14.9 Å². The summed E-state index contributed by atoms with van der Waals surface area (Å²) in [6.07, 6.45) is -0.863. The quantitative estimate of drug-likeness (QED) is 0.760. The van der Waals surface area contributed by atoms with Crippen LogP contribution >= 0.6 is 0 Å². The number of aromatic carboxylic acids is 1. The van der Waals surface area contributed by atoms with E-state index in [2.05, 4.69) is 9.84 Å². The van der Waals surface area contributed by atoms with Gasteiger partial charge in [0.1, 0.15) is 12.8 Å². The van der Waals surface area contributed by atoms with Crippen molar-refractivity contribution in [3.05, 3.63) is 24.0 Å². The van der Waals surface area contributed by atoms with E-state index in [0.717, 1.165) is 7.11 Å². The highest BCUT2D eigenvalue weighted by atomic mass is 19.4. The van der Waals surface area contributed by atoms with Crippen LogP contribution in [-0.2, 0) is 16.1 Å². The number of aryl methyl sites for hydroxylation is 1. The number of alkyl halides is 3. The van der Waals surface area contributed by atoms with Crippen molar-refractivity contribution in [1.29, 1.82) is 0 Å². The fourth-order valence-corrected chi connectivity index (χ4v) is 1.20. The van der Waals surface area contributed by atoms with Gasteiger partial charge in [-0.1, -0.05) is 4.68 Å². The molecule has 0 amide bonds. The first-order chi connectivity index (χ1) is 10.2. The molecule has 0 aromatic carbocycles. The van der Waals surface area contributed by atoms with Gasteiger partial charge in [0.05, 0.1) is 12.0 Å².